The van der Waals surface area contributed by atoms with Gasteiger partial charge in [0, 0.05) is 52.8 Å². The maximum absolute atomic E-state index is 15.0. The lowest BCUT2D eigenvalue weighted by Crippen LogP contribution is -2.45. The Bertz CT molecular complexity index is 2280. The fourth-order valence-electron chi connectivity index (χ4n) is 9.08. The number of rotatable bonds is 25. The highest BCUT2D eigenvalue weighted by Crippen LogP contribution is 2.35. The smallest absolute Gasteiger partial charge is 0.293 e. The van der Waals surface area contributed by atoms with E-state index >= 15 is 8.78 Å². The summed E-state index contributed by atoms with van der Waals surface area (Å²) in [7, 11) is 11.2. The number of aryl methyl sites for hydroxylation is 1. The molecule has 0 heterocycles. The highest BCUT2D eigenvalue weighted by atomic mass is 32.2. The molecule has 400 valence electrons. The molecule has 0 spiro atoms. The molecular formula is C55H77F2N7O6S3. The van der Waals surface area contributed by atoms with Crippen LogP contribution in [0, 0.1) is 21.7 Å². The minimum absolute atomic E-state index is 0.00438. The molecular weight excluding hydrogens is 989 g/mol. The Labute approximate surface area is 445 Å². The first-order chi connectivity index (χ1) is 35.2. The van der Waals surface area contributed by atoms with Crippen LogP contribution in [0.15, 0.2) is 106 Å². The first-order valence-corrected chi connectivity index (χ1v) is 28.1. The lowest BCUT2D eigenvalue weighted by molar-refractivity contribution is -0.384. The van der Waals surface area contributed by atoms with Gasteiger partial charge in [-0.3, -0.25) is 29.1 Å². The molecule has 0 aromatic heterocycles. The molecule has 2 unspecified atom stereocenters. The number of hydrogen-bond donors (Lipinski definition) is 4. The van der Waals surface area contributed by atoms with Gasteiger partial charge in [0.2, 0.25) is 0 Å². The number of carbonyl (C=O) groups excluding carboxylic acids is 2. The maximum atomic E-state index is 15.0. The molecule has 18 heteroatoms. The Kier molecular flexibility index (Phi) is 25.1. The second-order valence-electron chi connectivity index (χ2n) is 19.5. The Morgan fingerprint density at radius 3 is 1.63 bits per heavy atom. The summed E-state index contributed by atoms with van der Waals surface area (Å²) < 4.78 is 47.0. The van der Waals surface area contributed by atoms with E-state index in [0.717, 1.165) is 119 Å². The van der Waals surface area contributed by atoms with Crippen LogP contribution in [0.4, 0.5) is 25.8 Å². The second kappa shape index (κ2) is 30.8. The van der Waals surface area contributed by atoms with E-state index in [9.17, 15) is 19.7 Å². The molecule has 2 aliphatic rings. The van der Waals surface area contributed by atoms with Crippen LogP contribution in [0.25, 0.3) is 0 Å². The van der Waals surface area contributed by atoms with Crippen molar-refractivity contribution in [2.75, 3.05) is 71.9 Å². The molecule has 4 aromatic carbocycles. The standard InChI is InChI=1S/C28H40N4O4S.C27H37F2N3O2S2/c1-31(2)20-17-23(14-13-22-11-7-6-8-12-22)29-25-16-15-24(21-26(25)32(34)35)37-30-27(33)28(36-3)18-9-4-5-10-19-28;1-32(2)16-13-20(19-35-21-11-7-6-8-12-21)30-25-23(28)17-22(18-24(25)29)36-31-26(33)27(34-3)14-9-4-5-10-15-27/h6-8,11-12,15-16,21,23,29H,4-5,9-10,13-14,17-20H2,1-3H3,(H,30,33);6-8,11-12,17-18,20,30H,4-5,9-10,13-16,19H2,1-3H3,(H,31,33). The van der Waals surface area contributed by atoms with Crippen molar-refractivity contribution in [1.82, 2.24) is 19.2 Å². The second-order valence-corrected chi connectivity index (χ2v) is 22.4. The Morgan fingerprint density at radius 2 is 1.14 bits per heavy atom. The van der Waals surface area contributed by atoms with Gasteiger partial charge < -0.3 is 29.9 Å². The molecule has 4 N–H and O–H groups in total. The number of nitro benzene ring substituents is 1. The van der Waals surface area contributed by atoms with Crippen LogP contribution in [0.2, 0.25) is 0 Å². The van der Waals surface area contributed by atoms with Crippen LogP contribution in [0.3, 0.4) is 0 Å². The van der Waals surface area contributed by atoms with E-state index in [-0.39, 0.29) is 40.2 Å². The molecule has 2 amide bonds. The van der Waals surface area contributed by atoms with Gasteiger partial charge in [0.05, 0.1) is 4.92 Å². The molecule has 6 rings (SSSR count). The van der Waals surface area contributed by atoms with Gasteiger partial charge in [-0.05, 0) is 159 Å². The number of methoxy groups -OCH3 is 2. The van der Waals surface area contributed by atoms with E-state index in [4.69, 9.17) is 9.47 Å². The van der Waals surface area contributed by atoms with Crippen molar-refractivity contribution in [3.63, 3.8) is 0 Å². The number of anilines is 2. The molecule has 2 fully saturated rings. The van der Waals surface area contributed by atoms with Gasteiger partial charge in [-0.25, -0.2) is 8.78 Å². The number of hydrogen-bond acceptors (Lipinski definition) is 13. The molecule has 2 atom stereocenters. The summed E-state index contributed by atoms with van der Waals surface area (Å²) in [6, 6.07) is 27.8. The van der Waals surface area contributed by atoms with Gasteiger partial charge >= 0.3 is 0 Å². The lowest BCUT2D eigenvalue weighted by atomic mass is 9.93. The normalized spacial score (nSPS) is 16.2. The van der Waals surface area contributed by atoms with Crippen molar-refractivity contribution < 1.29 is 32.8 Å². The molecule has 0 saturated heterocycles. The molecule has 0 radical (unpaired) electrons. The molecule has 73 heavy (non-hydrogen) atoms. The molecule has 4 aromatic rings. The van der Waals surface area contributed by atoms with Crippen molar-refractivity contribution in [3.8, 4) is 0 Å². The summed E-state index contributed by atoms with van der Waals surface area (Å²) in [6.45, 7) is 1.67. The van der Waals surface area contributed by atoms with Crippen molar-refractivity contribution in [3.05, 3.63) is 118 Å². The zero-order valence-electron chi connectivity index (χ0n) is 43.5. The molecule has 0 bridgehead atoms. The van der Waals surface area contributed by atoms with Crippen LogP contribution >= 0.6 is 35.7 Å². The van der Waals surface area contributed by atoms with Crippen LogP contribution in [-0.4, -0.2) is 111 Å². The largest absolute Gasteiger partial charge is 0.377 e. The Morgan fingerprint density at radius 1 is 0.644 bits per heavy atom. The Balaban J connectivity index is 0.000000271. The summed E-state index contributed by atoms with van der Waals surface area (Å²) in [5, 5.41) is 18.5. The average molecular weight is 1070 g/mol. The van der Waals surface area contributed by atoms with E-state index in [1.807, 2.05) is 82.8 Å². The summed E-state index contributed by atoms with van der Waals surface area (Å²) in [5.74, 6) is -1.11. The minimum atomic E-state index is -0.877. The fraction of sp³-hybridized carbons (Fsp3) is 0.527. The number of thioether (sulfide) groups is 1. The van der Waals surface area contributed by atoms with E-state index in [1.54, 1.807) is 32.0 Å². The number of nitrogens with one attached hydrogen (secondary N) is 4. The SMILES string of the molecule is COC1(C(=O)NSc2cc(F)c(NC(CCN(C)C)CSc3ccccc3)c(F)c2)CCCCCC1.COC1(C(=O)NSc2ccc(NC(CCc3ccccc3)CCN(C)C)c([N+](=O)[O-])c2)CCCCCC1. The van der Waals surface area contributed by atoms with E-state index in [0.29, 0.717) is 46.9 Å². The number of ether oxygens (including phenoxy) is 2. The van der Waals surface area contributed by atoms with Crippen molar-refractivity contribution in [2.45, 2.75) is 141 Å². The third-order valence-corrected chi connectivity index (χ3v) is 16.2. The maximum Gasteiger partial charge on any atom is 0.293 e. The van der Waals surface area contributed by atoms with Crippen LogP contribution < -0.4 is 20.1 Å². The number of carbonyl (C=O) groups is 2. The topological polar surface area (TPSA) is 150 Å². The molecule has 2 aliphatic carbocycles. The van der Waals surface area contributed by atoms with Gasteiger partial charge in [-0.2, -0.15) is 0 Å². The fourth-order valence-corrected chi connectivity index (χ4v) is 11.5. The first-order valence-electron chi connectivity index (χ1n) is 25.5. The highest BCUT2D eigenvalue weighted by molar-refractivity contribution is 7.99. The molecule has 0 aliphatic heterocycles. The summed E-state index contributed by atoms with van der Waals surface area (Å²) in [6.07, 6.45) is 14.2. The average Bonchev–Trinajstić information content (AvgIpc) is 3.81. The minimum Gasteiger partial charge on any atom is -0.377 e. The van der Waals surface area contributed by atoms with Crippen molar-refractivity contribution in [2.24, 2.45) is 0 Å². The monoisotopic (exact) mass is 1070 g/mol. The number of amides is 2. The van der Waals surface area contributed by atoms with Gasteiger partial charge in [0.1, 0.15) is 34.2 Å². The third kappa shape index (κ3) is 19.3. The summed E-state index contributed by atoms with van der Waals surface area (Å²) >= 11 is 3.68. The van der Waals surface area contributed by atoms with Crippen LogP contribution in [0.5, 0.6) is 0 Å². The van der Waals surface area contributed by atoms with Crippen molar-refractivity contribution in [1.29, 1.82) is 0 Å². The molecule has 2 saturated carbocycles. The number of nitrogens with zero attached hydrogens (tertiary/aromatic N) is 3. The number of nitro groups is 1. The van der Waals surface area contributed by atoms with E-state index in [2.05, 4.69) is 42.0 Å². The summed E-state index contributed by atoms with van der Waals surface area (Å²) in [5.41, 5.74) is -0.0914. The number of benzene rings is 4. The summed E-state index contributed by atoms with van der Waals surface area (Å²) in [4.78, 5) is 43.7. The van der Waals surface area contributed by atoms with Crippen LogP contribution in [0.1, 0.15) is 102 Å². The van der Waals surface area contributed by atoms with E-state index < -0.39 is 22.8 Å². The molecule has 13 nitrogen and oxygen atoms in total. The predicted molar refractivity (Wildman–Crippen MR) is 295 cm³/mol. The first kappa shape index (κ1) is 59.4. The lowest BCUT2D eigenvalue weighted by Gasteiger charge is -2.29. The van der Waals surface area contributed by atoms with Gasteiger partial charge in [0.25, 0.3) is 17.5 Å². The van der Waals surface area contributed by atoms with Gasteiger partial charge in [-0.15, -0.1) is 11.8 Å². The number of halogens is 2. The predicted octanol–water partition coefficient (Wildman–Crippen LogP) is 12.2. The third-order valence-electron chi connectivity index (χ3n) is 13.5. The zero-order chi connectivity index (χ0) is 52.6. The van der Waals surface area contributed by atoms with E-state index in [1.165, 1.54) is 23.8 Å². The zero-order valence-corrected chi connectivity index (χ0v) is 46.0. The quantitative estimate of drug-likeness (QED) is 0.0164. The highest BCUT2D eigenvalue weighted by Gasteiger charge is 2.40. The van der Waals surface area contributed by atoms with Gasteiger partial charge in [0.15, 0.2) is 0 Å². The Hall–Kier alpha value is -4.43. The van der Waals surface area contributed by atoms with Crippen molar-refractivity contribution >= 4 is 64.5 Å². The van der Waals surface area contributed by atoms with Crippen LogP contribution in [-0.2, 0) is 25.5 Å². The van der Waals surface area contributed by atoms with Gasteiger partial charge in [-0.1, -0.05) is 99.9 Å².